The number of aliphatic carboxylic acids is 1. The summed E-state index contributed by atoms with van der Waals surface area (Å²) in [5, 5.41) is 12.3. The predicted molar refractivity (Wildman–Crippen MR) is 87.3 cm³/mol. The molecule has 2 N–H and O–H groups in total. The van der Waals surface area contributed by atoms with Crippen molar-refractivity contribution in [3.63, 3.8) is 0 Å². The summed E-state index contributed by atoms with van der Waals surface area (Å²) in [7, 11) is 0. The summed E-state index contributed by atoms with van der Waals surface area (Å²) in [4.78, 5) is 23.8. The molecule has 0 spiro atoms. The summed E-state index contributed by atoms with van der Waals surface area (Å²) >= 11 is 0. The smallest absolute Gasteiger partial charge is 0.308 e. The van der Waals surface area contributed by atoms with E-state index in [1.165, 1.54) is 0 Å². The van der Waals surface area contributed by atoms with Gasteiger partial charge in [0.25, 0.3) is 5.91 Å². The van der Waals surface area contributed by atoms with Gasteiger partial charge in [0.2, 0.25) is 0 Å². The fraction of sp³-hybridized carbons (Fsp3) is 0.556. The summed E-state index contributed by atoms with van der Waals surface area (Å²) < 4.78 is 5.61. The van der Waals surface area contributed by atoms with Gasteiger partial charge in [-0.3, -0.25) is 9.59 Å². The van der Waals surface area contributed by atoms with E-state index in [-0.39, 0.29) is 11.9 Å². The third-order valence-corrected chi connectivity index (χ3v) is 4.34. The van der Waals surface area contributed by atoms with Crippen LogP contribution in [-0.2, 0) is 9.59 Å². The van der Waals surface area contributed by atoms with E-state index in [0.29, 0.717) is 18.6 Å². The molecule has 1 aliphatic carbocycles. The van der Waals surface area contributed by atoms with Gasteiger partial charge < -0.3 is 15.2 Å². The molecule has 1 aromatic rings. The van der Waals surface area contributed by atoms with Gasteiger partial charge in [-0.2, -0.15) is 0 Å². The average Bonchev–Trinajstić information content (AvgIpc) is 2.50. The number of carboxylic acids is 1. The second kappa shape index (κ2) is 8.56. The number of carbonyl (C=O) groups is 2. The summed E-state index contributed by atoms with van der Waals surface area (Å²) in [6.45, 7) is 1.68. The number of hydrogen-bond donors (Lipinski definition) is 2. The molecule has 126 valence electrons. The number of para-hydroxylation sites is 1. The minimum Gasteiger partial charge on any atom is -0.481 e. The summed E-state index contributed by atoms with van der Waals surface area (Å²) in [5.74, 6) is -0.967. The maximum atomic E-state index is 12.4. The van der Waals surface area contributed by atoms with Crippen LogP contribution in [0.4, 0.5) is 0 Å². The maximum absolute atomic E-state index is 12.4. The van der Waals surface area contributed by atoms with Crippen molar-refractivity contribution in [1.82, 2.24) is 5.32 Å². The molecule has 3 atom stereocenters. The Hall–Kier alpha value is -2.04. The Balaban J connectivity index is 1.96. The van der Waals surface area contributed by atoms with E-state index in [0.717, 1.165) is 25.7 Å². The fourth-order valence-electron chi connectivity index (χ4n) is 3.01. The van der Waals surface area contributed by atoms with Crippen molar-refractivity contribution in [2.24, 2.45) is 5.92 Å². The number of hydrogen-bond acceptors (Lipinski definition) is 3. The number of ether oxygens (including phenoxy) is 1. The molecule has 1 amide bonds. The SMILES string of the molecule is CC(Oc1ccccc1)C(=O)NC1CCCCCCC1C(=O)O. The van der Waals surface area contributed by atoms with Gasteiger partial charge in [0.1, 0.15) is 5.75 Å². The second-order valence-electron chi connectivity index (χ2n) is 6.12. The molecule has 1 aromatic carbocycles. The van der Waals surface area contributed by atoms with Crippen LogP contribution in [0.25, 0.3) is 0 Å². The number of rotatable bonds is 5. The van der Waals surface area contributed by atoms with E-state index in [9.17, 15) is 14.7 Å². The van der Waals surface area contributed by atoms with Gasteiger partial charge in [-0.15, -0.1) is 0 Å². The van der Waals surface area contributed by atoms with E-state index in [4.69, 9.17) is 4.74 Å². The zero-order valence-corrected chi connectivity index (χ0v) is 13.5. The van der Waals surface area contributed by atoms with Crippen LogP contribution in [0.3, 0.4) is 0 Å². The van der Waals surface area contributed by atoms with Crippen LogP contribution in [0.2, 0.25) is 0 Å². The monoisotopic (exact) mass is 319 g/mol. The quantitative estimate of drug-likeness (QED) is 0.875. The molecule has 1 fully saturated rings. The lowest BCUT2D eigenvalue weighted by Gasteiger charge is -2.28. The van der Waals surface area contributed by atoms with E-state index in [2.05, 4.69) is 5.32 Å². The zero-order chi connectivity index (χ0) is 16.7. The third-order valence-electron chi connectivity index (χ3n) is 4.34. The highest BCUT2D eigenvalue weighted by atomic mass is 16.5. The fourth-order valence-corrected chi connectivity index (χ4v) is 3.01. The van der Waals surface area contributed by atoms with Crippen molar-refractivity contribution in [1.29, 1.82) is 0 Å². The van der Waals surface area contributed by atoms with Crippen LogP contribution < -0.4 is 10.1 Å². The van der Waals surface area contributed by atoms with E-state index >= 15 is 0 Å². The Labute approximate surface area is 137 Å². The van der Waals surface area contributed by atoms with Gasteiger partial charge in [0.05, 0.1) is 5.92 Å². The molecule has 5 heteroatoms. The minimum atomic E-state index is -0.825. The van der Waals surface area contributed by atoms with Crippen LogP contribution in [0.15, 0.2) is 30.3 Å². The van der Waals surface area contributed by atoms with Crippen LogP contribution in [0, 0.1) is 5.92 Å². The molecule has 5 nitrogen and oxygen atoms in total. The van der Waals surface area contributed by atoms with Crippen LogP contribution in [0.5, 0.6) is 5.75 Å². The molecule has 0 heterocycles. The molecule has 2 rings (SSSR count). The van der Waals surface area contributed by atoms with Gasteiger partial charge in [-0.25, -0.2) is 0 Å². The standard InChI is InChI=1S/C18H25NO4/c1-13(23-14-9-5-4-6-10-14)17(20)19-16-12-8-3-2-7-11-15(16)18(21)22/h4-6,9-10,13,15-16H,2-3,7-8,11-12H2,1H3,(H,19,20)(H,21,22). The van der Waals surface area contributed by atoms with E-state index in [1.54, 1.807) is 19.1 Å². The van der Waals surface area contributed by atoms with Gasteiger partial charge in [-0.1, -0.05) is 43.9 Å². The molecule has 0 aromatic heterocycles. The number of carbonyl (C=O) groups excluding carboxylic acids is 1. The highest BCUT2D eigenvalue weighted by molar-refractivity contribution is 5.82. The van der Waals surface area contributed by atoms with Crippen molar-refractivity contribution in [2.45, 2.75) is 57.6 Å². The topological polar surface area (TPSA) is 75.6 Å². The van der Waals surface area contributed by atoms with Crippen molar-refractivity contribution in [2.75, 3.05) is 0 Å². The molecular weight excluding hydrogens is 294 g/mol. The van der Waals surface area contributed by atoms with Crippen LogP contribution in [-0.4, -0.2) is 29.1 Å². The zero-order valence-electron chi connectivity index (χ0n) is 13.5. The summed E-state index contributed by atoms with van der Waals surface area (Å²) in [6, 6.07) is 8.83. The predicted octanol–water partition coefficient (Wildman–Crippen LogP) is 2.99. The molecular formula is C18H25NO4. The van der Waals surface area contributed by atoms with Crippen molar-refractivity contribution < 1.29 is 19.4 Å². The number of amides is 1. The Morgan fingerprint density at radius 3 is 2.43 bits per heavy atom. The first-order chi connectivity index (χ1) is 11.1. The number of benzene rings is 1. The van der Waals surface area contributed by atoms with E-state index in [1.807, 2.05) is 18.2 Å². The molecule has 1 aliphatic rings. The highest BCUT2D eigenvalue weighted by Crippen LogP contribution is 2.23. The molecule has 23 heavy (non-hydrogen) atoms. The molecule has 0 radical (unpaired) electrons. The van der Waals surface area contributed by atoms with Gasteiger partial charge in [-0.05, 0) is 31.9 Å². The second-order valence-corrected chi connectivity index (χ2v) is 6.12. The average molecular weight is 319 g/mol. The first-order valence-electron chi connectivity index (χ1n) is 8.33. The van der Waals surface area contributed by atoms with Crippen LogP contribution >= 0.6 is 0 Å². The lowest BCUT2D eigenvalue weighted by Crippen LogP contribution is -2.48. The Bertz CT molecular complexity index is 517. The van der Waals surface area contributed by atoms with E-state index < -0.39 is 18.0 Å². The molecule has 0 aliphatic heterocycles. The van der Waals surface area contributed by atoms with Gasteiger partial charge in [0.15, 0.2) is 6.10 Å². The molecule has 3 unspecified atom stereocenters. The first-order valence-corrected chi connectivity index (χ1v) is 8.33. The third kappa shape index (κ3) is 5.27. The molecule has 0 saturated heterocycles. The Morgan fingerprint density at radius 1 is 1.13 bits per heavy atom. The largest absolute Gasteiger partial charge is 0.481 e. The van der Waals surface area contributed by atoms with Gasteiger partial charge >= 0.3 is 5.97 Å². The minimum absolute atomic E-state index is 0.259. The van der Waals surface area contributed by atoms with Crippen LogP contribution in [0.1, 0.15) is 45.4 Å². The summed E-state index contributed by atoms with van der Waals surface area (Å²) in [6.07, 6.45) is 4.68. The Kier molecular flexibility index (Phi) is 6.44. The normalized spacial score (nSPS) is 23.2. The van der Waals surface area contributed by atoms with Gasteiger partial charge in [0, 0.05) is 6.04 Å². The molecule has 1 saturated carbocycles. The van der Waals surface area contributed by atoms with Crippen molar-refractivity contribution in [3.05, 3.63) is 30.3 Å². The summed E-state index contributed by atoms with van der Waals surface area (Å²) in [5.41, 5.74) is 0. The van der Waals surface area contributed by atoms with Crippen molar-refractivity contribution >= 4 is 11.9 Å². The molecule has 0 bridgehead atoms. The maximum Gasteiger partial charge on any atom is 0.308 e. The number of carboxylic acid groups (broad SMARTS) is 1. The lowest BCUT2D eigenvalue weighted by molar-refractivity contribution is -0.144. The lowest BCUT2D eigenvalue weighted by atomic mass is 9.86. The van der Waals surface area contributed by atoms with Crippen molar-refractivity contribution in [3.8, 4) is 5.75 Å². The Morgan fingerprint density at radius 2 is 1.78 bits per heavy atom. The number of nitrogens with one attached hydrogen (secondary N) is 1. The first kappa shape index (κ1) is 17.3. The highest BCUT2D eigenvalue weighted by Gasteiger charge is 2.31.